The quantitative estimate of drug-likeness (QED) is 0.445. The summed E-state index contributed by atoms with van der Waals surface area (Å²) in [4.78, 5) is 13.0. The monoisotopic (exact) mass is 385 g/mol. The normalized spacial score (nSPS) is 12.4. The predicted molar refractivity (Wildman–Crippen MR) is 123 cm³/mol. The summed E-state index contributed by atoms with van der Waals surface area (Å²) in [6.07, 6.45) is 1.43. The molecule has 0 fully saturated rings. The Morgan fingerprint density at radius 2 is 1.48 bits per heavy atom. The Hall–Kier alpha value is -2.87. The molecule has 150 valence electrons. The second-order valence-corrected chi connectivity index (χ2v) is 8.61. The van der Waals surface area contributed by atoms with Crippen LogP contribution in [0.4, 0.5) is 5.69 Å². The van der Waals surface area contributed by atoms with E-state index >= 15 is 0 Å². The molecule has 0 saturated carbocycles. The van der Waals surface area contributed by atoms with Gasteiger partial charge in [0.15, 0.2) is 5.78 Å². The van der Waals surface area contributed by atoms with Gasteiger partial charge in [-0.05, 0) is 40.7 Å². The second-order valence-electron chi connectivity index (χ2n) is 8.61. The van der Waals surface area contributed by atoms with E-state index in [1.54, 1.807) is 0 Å². The molecule has 2 heteroatoms. The van der Waals surface area contributed by atoms with Crippen molar-refractivity contribution in [3.63, 3.8) is 0 Å². The molecular weight excluding hydrogens is 354 g/mol. The van der Waals surface area contributed by atoms with Gasteiger partial charge in [0.2, 0.25) is 0 Å². The van der Waals surface area contributed by atoms with Gasteiger partial charge >= 0.3 is 0 Å². The number of benzene rings is 3. The van der Waals surface area contributed by atoms with Crippen molar-refractivity contribution in [2.24, 2.45) is 0 Å². The maximum Gasteiger partial charge on any atom is 0.165 e. The van der Waals surface area contributed by atoms with E-state index in [4.69, 9.17) is 0 Å². The van der Waals surface area contributed by atoms with E-state index in [0.29, 0.717) is 6.42 Å². The summed E-state index contributed by atoms with van der Waals surface area (Å²) in [5.41, 5.74) is 5.55. The fourth-order valence-electron chi connectivity index (χ4n) is 3.43. The average molecular weight is 386 g/mol. The molecule has 0 saturated heterocycles. The number of carbonyl (C=O) groups is 1. The molecular formula is C27H31NO. The van der Waals surface area contributed by atoms with Gasteiger partial charge in [0.1, 0.15) is 0 Å². The molecule has 0 radical (unpaired) electrons. The van der Waals surface area contributed by atoms with Crippen LogP contribution in [-0.4, -0.2) is 5.78 Å². The van der Waals surface area contributed by atoms with Crippen LogP contribution >= 0.6 is 0 Å². The van der Waals surface area contributed by atoms with Crippen molar-refractivity contribution in [3.8, 4) is 0 Å². The van der Waals surface area contributed by atoms with E-state index < -0.39 is 0 Å². The first kappa shape index (κ1) is 20.9. The molecule has 1 unspecified atom stereocenters. The minimum Gasteiger partial charge on any atom is -0.378 e. The summed E-state index contributed by atoms with van der Waals surface area (Å²) in [5, 5.41) is 3.56. The Morgan fingerprint density at radius 3 is 2.03 bits per heavy atom. The fourth-order valence-corrected chi connectivity index (χ4v) is 3.43. The number of hydrogen-bond donors (Lipinski definition) is 1. The molecule has 0 bridgehead atoms. The van der Waals surface area contributed by atoms with Crippen molar-refractivity contribution < 1.29 is 4.79 Å². The average Bonchev–Trinajstić information content (AvgIpc) is 2.74. The highest BCUT2D eigenvalue weighted by molar-refractivity contribution is 5.96. The smallest absolute Gasteiger partial charge is 0.165 e. The molecule has 1 N–H and O–H groups in total. The highest BCUT2D eigenvalue weighted by atomic mass is 16.1. The molecule has 3 rings (SSSR count). The summed E-state index contributed by atoms with van der Waals surface area (Å²) < 4.78 is 0. The van der Waals surface area contributed by atoms with Gasteiger partial charge in [0.05, 0.1) is 6.04 Å². The number of anilines is 1. The number of carbonyl (C=O) groups excluding carboxylic acids is 1. The van der Waals surface area contributed by atoms with Gasteiger partial charge in [0.25, 0.3) is 0 Å². The van der Waals surface area contributed by atoms with Crippen LogP contribution in [0.15, 0.2) is 78.9 Å². The lowest BCUT2D eigenvalue weighted by molar-refractivity contribution is 0.0976. The first-order valence-electron chi connectivity index (χ1n) is 10.4. The zero-order valence-electron chi connectivity index (χ0n) is 17.9. The molecule has 0 aliphatic carbocycles. The van der Waals surface area contributed by atoms with Crippen molar-refractivity contribution >= 4 is 11.5 Å². The largest absolute Gasteiger partial charge is 0.378 e. The maximum atomic E-state index is 13.0. The summed E-state index contributed by atoms with van der Waals surface area (Å²) in [7, 11) is 0. The van der Waals surface area contributed by atoms with Crippen LogP contribution in [0.2, 0.25) is 0 Å². The van der Waals surface area contributed by atoms with Crippen LogP contribution < -0.4 is 5.32 Å². The van der Waals surface area contributed by atoms with Crippen molar-refractivity contribution in [2.75, 3.05) is 5.32 Å². The molecule has 2 nitrogen and oxygen atoms in total. The molecule has 0 spiro atoms. The van der Waals surface area contributed by atoms with Gasteiger partial charge in [-0.15, -0.1) is 0 Å². The third kappa shape index (κ3) is 5.57. The van der Waals surface area contributed by atoms with Crippen LogP contribution in [0.25, 0.3) is 0 Å². The molecule has 1 atom stereocenters. The molecule has 0 heterocycles. The number of rotatable bonds is 7. The van der Waals surface area contributed by atoms with Crippen molar-refractivity contribution in [1.82, 2.24) is 0 Å². The van der Waals surface area contributed by atoms with Crippen LogP contribution in [0.3, 0.4) is 0 Å². The van der Waals surface area contributed by atoms with Gasteiger partial charge < -0.3 is 5.32 Å². The number of hydrogen-bond acceptors (Lipinski definition) is 2. The third-order valence-corrected chi connectivity index (χ3v) is 5.37. The van der Waals surface area contributed by atoms with E-state index in [-0.39, 0.29) is 17.2 Å². The van der Waals surface area contributed by atoms with Crippen molar-refractivity contribution in [2.45, 2.75) is 52.0 Å². The highest BCUT2D eigenvalue weighted by Gasteiger charge is 2.19. The Morgan fingerprint density at radius 1 is 0.862 bits per heavy atom. The maximum absolute atomic E-state index is 13.0. The lowest BCUT2D eigenvalue weighted by atomic mass is 9.86. The fraction of sp³-hybridized carbons (Fsp3) is 0.296. The van der Waals surface area contributed by atoms with Crippen LogP contribution in [0, 0.1) is 0 Å². The van der Waals surface area contributed by atoms with Gasteiger partial charge in [-0.2, -0.15) is 0 Å². The Bertz CT molecular complexity index is 919. The summed E-state index contributed by atoms with van der Waals surface area (Å²) in [6.45, 7) is 8.70. The van der Waals surface area contributed by atoms with Gasteiger partial charge in [-0.25, -0.2) is 0 Å². The van der Waals surface area contributed by atoms with Crippen LogP contribution in [-0.2, 0) is 11.8 Å². The lowest BCUT2D eigenvalue weighted by Gasteiger charge is -2.21. The van der Waals surface area contributed by atoms with Gasteiger partial charge in [-0.1, -0.05) is 94.4 Å². The van der Waals surface area contributed by atoms with E-state index in [1.807, 2.05) is 30.3 Å². The lowest BCUT2D eigenvalue weighted by Crippen LogP contribution is -2.16. The van der Waals surface area contributed by atoms with Crippen LogP contribution in [0.1, 0.15) is 67.2 Å². The second kappa shape index (κ2) is 9.09. The van der Waals surface area contributed by atoms with Crippen molar-refractivity contribution in [3.05, 3.63) is 101 Å². The van der Waals surface area contributed by atoms with E-state index in [9.17, 15) is 4.79 Å². The van der Waals surface area contributed by atoms with Gasteiger partial charge in [-0.3, -0.25) is 4.79 Å². The summed E-state index contributed by atoms with van der Waals surface area (Å²) in [5.74, 6) is 0.150. The predicted octanol–water partition coefficient (Wildman–Crippen LogP) is 6.97. The number of ketones is 1. The molecule has 0 amide bonds. The van der Waals surface area contributed by atoms with Crippen LogP contribution in [0.5, 0.6) is 0 Å². The molecule has 3 aromatic carbocycles. The number of Topliss-reactive ketones (excluding diaryl/α,β-unsaturated/α-hetero) is 1. The zero-order valence-corrected chi connectivity index (χ0v) is 17.9. The highest BCUT2D eigenvalue weighted by Crippen LogP contribution is 2.26. The Kier molecular flexibility index (Phi) is 6.53. The Labute approximate surface area is 175 Å². The summed E-state index contributed by atoms with van der Waals surface area (Å²) in [6, 6.07) is 26.7. The van der Waals surface area contributed by atoms with E-state index in [1.165, 1.54) is 11.1 Å². The minimum atomic E-state index is -0.0709. The topological polar surface area (TPSA) is 29.1 Å². The number of nitrogens with one attached hydrogen (secondary N) is 1. The number of aryl methyl sites for hydroxylation is 1. The van der Waals surface area contributed by atoms with Gasteiger partial charge in [0, 0.05) is 17.7 Å². The van der Waals surface area contributed by atoms with Crippen molar-refractivity contribution in [1.29, 1.82) is 0 Å². The minimum absolute atomic E-state index is 0.0709. The molecule has 0 aromatic heterocycles. The first-order valence-corrected chi connectivity index (χ1v) is 10.4. The molecule has 0 aliphatic rings. The van der Waals surface area contributed by atoms with E-state index in [0.717, 1.165) is 23.2 Å². The molecule has 29 heavy (non-hydrogen) atoms. The molecule has 3 aromatic rings. The molecule has 0 aliphatic heterocycles. The standard InChI is InChI=1S/C27H31NO/c1-5-20-11-17-24(18-12-20)28-25(21-9-7-6-8-10-21)19-26(29)22-13-15-23(16-14-22)27(2,3)4/h6-18,25,28H,5,19H2,1-4H3. The zero-order chi connectivity index (χ0) is 20.9. The SMILES string of the molecule is CCc1ccc(NC(CC(=O)c2ccc(C(C)(C)C)cc2)c2ccccc2)cc1. The summed E-state index contributed by atoms with van der Waals surface area (Å²) >= 11 is 0. The Balaban J connectivity index is 1.80. The van der Waals surface area contributed by atoms with E-state index in [2.05, 4.69) is 81.5 Å². The third-order valence-electron chi connectivity index (χ3n) is 5.37. The first-order chi connectivity index (χ1) is 13.9.